The van der Waals surface area contributed by atoms with Crippen LogP contribution in [-0.4, -0.2) is 23.4 Å². The van der Waals surface area contributed by atoms with Crippen LogP contribution in [-0.2, 0) is 6.54 Å². The highest BCUT2D eigenvalue weighted by Gasteiger charge is 2.24. The molecule has 0 aromatic heterocycles. The van der Waals surface area contributed by atoms with Crippen molar-refractivity contribution >= 4 is 23.2 Å². The molecule has 0 aliphatic rings. The molecule has 0 atom stereocenters. The van der Waals surface area contributed by atoms with E-state index in [0.717, 1.165) is 12.8 Å². The molecule has 0 saturated heterocycles. The van der Waals surface area contributed by atoms with Gasteiger partial charge in [-0.15, -0.1) is 0 Å². The highest BCUT2D eigenvalue weighted by atomic mass is 35.5. The Bertz CT molecular complexity index is 412. The Morgan fingerprint density at radius 3 is 2.37 bits per heavy atom. The van der Waals surface area contributed by atoms with Crippen molar-refractivity contribution in [1.82, 2.24) is 5.32 Å². The molecule has 0 spiro atoms. The zero-order valence-electron chi connectivity index (χ0n) is 11.3. The molecule has 1 aromatic carbocycles. The minimum absolute atomic E-state index is 0.0566. The molecule has 3 N–H and O–H groups in total. The molecule has 1 aromatic rings. The molecule has 0 heterocycles. The third-order valence-electron chi connectivity index (χ3n) is 3.76. The molecule has 3 nitrogen and oxygen atoms in total. The number of hydrogen-bond donors (Lipinski definition) is 3. The fraction of sp³-hybridized carbons (Fsp3) is 0.571. The van der Waals surface area contributed by atoms with Gasteiger partial charge in [-0.2, -0.15) is 0 Å². The highest BCUT2D eigenvalue weighted by Crippen LogP contribution is 2.31. The van der Waals surface area contributed by atoms with Crippen LogP contribution in [0.4, 0.5) is 0 Å². The van der Waals surface area contributed by atoms with Crippen LogP contribution in [0.2, 0.25) is 10.0 Å². The third-order valence-corrected chi connectivity index (χ3v) is 4.26. The van der Waals surface area contributed by atoms with Crippen molar-refractivity contribution in [2.75, 3.05) is 13.2 Å². The molecule has 19 heavy (non-hydrogen) atoms. The number of phenols is 1. The topological polar surface area (TPSA) is 52.5 Å². The first-order chi connectivity index (χ1) is 8.98. The monoisotopic (exact) mass is 305 g/mol. The zero-order chi connectivity index (χ0) is 14.5. The number of phenolic OH excluding ortho intramolecular Hbond substituents is 1. The Labute approximate surface area is 124 Å². The summed E-state index contributed by atoms with van der Waals surface area (Å²) >= 11 is 11.8. The van der Waals surface area contributed by atoms with Gasteiger partial charge in [-0.1, -0.05) is 37.0 Å². The average molecular weight is 306 g/mol. The fourth-order valence-electron chi connectivity index (χ4n) is 2.00. The summed E-state index contributed by atoms with van der Waals surface area (Å²) < 4.78 is 0. The standard InChI is InChI=1S/C14H21Cl2NO2/c1-3-14(4-2,9-18)8-17-7-10-5-11(15)6-12(16)13(10)19/h5-6,17-19H,3-4,7-9H2,1-2H3. The van der Waals surface area contributed by atoms with Crippen LogP contribution < -0.4 is 5.32 Å². The number of halogens is 2. The first-order valence-electron chi connectivity index (χ1n) is 6.46. The van der Waals surface area contributed by atoms with Gasteiger partial charge in [0.05, 0.1) is 5.02 Å². The van der Waals surface area contributed by atoms with E-state index in [4.69, 9.17) is 23.2 Å². The van der Waals surface area contributed by atoms with E-state index < -0.39 is 0 Å². The predicted octanol–water partition coefficient (Wildman–Crippen LogP) is 3.59. The van der Waals surface area contributed by atoms with E-state index >= 15 is 0 Å². The molecule has 0 aliphatic heterocycles. The Kier molecular flexibility index (Phi) is 6.40. The molecule has 0 radical (unpaired) electrons. The predicted molar refractivity (Wildman–Crippen MR) is 79.9 cm³/mol. The molecular weight excluding hydrogens is 285 g/mol. The first-order valence-corrected chi connectivity index (χ1v) is 7.22. The molecule has 0 aliphatic carbocycles. The number of aromatic hydroxyl groups is 1. The van der Waals surface area contributed by atoms with E-state index in [1.54, 1.807) is 6.07 Å². The Morgan fingerprint density at radius 2 is 1.84 bits per heavy atom. The van der Waals surface area contributed by atoms with E-state index in [-0.39, 0.29) is 22.8 Å². The van der Waals surface area contributed by atoms with Crippen molar-refractivity contribution in [1.29, 1.82) is 0 Å². The number of aliphatic hydroxyl groups is 1. The minimum atomic E-state index is -0.113. The molecule has 0 bridgehead atoms. The van der Waals surface area contributed by atoms with E-state index in [2.05, 4.69) is 19.2 Å². The molecule has 0 saturated carbocycles. The van der Waals surface area contributed by atoms with Gasteiger partial charge in [0.25, 0.3) is 0 Å². The van der Waals surface area contributed by atoms with Crippen molar-refractivity contribution in [3.8, 4) is 5.75 Å². The van der Waals surface area contributed by atoms with Gasteiger partial charge in [0.2, 0.25) is 0 Å². The van der Waals surface area contributed by atoms with Gasteiger partial charge in [0.1, 0.15) is 5.75 Å². The van der Waals surface area contributed by atoms with Crippen molar-refractivity contribution in [2.45, 2.75) is 33.2 Å². The second-order valence-electron chi connectivity index (χ2n) is 4.86. The molecule has 1 rings (SSSR count). The quantitative estimate of drug-likeness (QED) is 0.721. The number of rotatable bonds is 7. The summed E-state index contributed by atoms with van der Waals surface area (Å²) in [5, 5.41) is 23.3. The fourth-order valence-corrected chi connectivity index (χ4v) is 2.53. The number of nitrogens with one attached hydrogen (secondary N) is 1. The largest absolute Gasteiger partial charge is 0.506 e. The van der Waals surface area contributed by atoms with Crippen LogP contribution in [0.1, 0.15) is 32.3 Å². The maximum atomic E-state index is 9.84. The number of aliphatic hydroxyl groups excluding tert-OH is 1. The summed E-state index contributed by atoms with van der Waals surface area (Å²) in [5.74, 6) is 0.0566. The van der Waals surface area contributed by atoms with E-state index in [9.17, 15) is 10.2 Å². The number of benzene rings is 1. The second-order valence-corrected chi connectivity index (χ2v) is 5.71. The Balaban J connectivity index is 2.68. The van der Waals surface area contributed by atoms with Gasteiger partial charge in [-0.3, -0.25) is 0 Å². The van der Waals surface area contributed by atoms with Gasteiger partial charge < -0.3 is 15.5 Å². The summed E-state index contributed by atoms with van der Waals surface area (Å²) in [6, 6.07) is 3.20. The lowest BCUT2D eigenvalue weighted by Gasteiger charge is -2.29. The lowest BCUT2D eigenvalue weighted by Crippen LogP contribution is -2.36. The van der Waals surface area contributed by atoms with E-state index in [1.807, 2.05) is 0 Å². The lowest BCUT2D eigenvalue weighted by atomic mass is 9.83. The average Bonchev–Trinajstić information content (AvgIpc) is 2.40. The van der Waals surface area contributed by atoms with Gasteiger partial charge >= 0.3 is 0 Å². The van der Waals surface area contributed by atoms with Crippen molar-refractivity contribution in [3.05, 3.63) is 27.7 Å². The van der Waals surface area contributed by atoms with Crippen LogP contribution in [0.15, 0.2) is 12.1 Å². The Hall–Kier alpha value is -0.480. The molecule has 108 valence electrons. The van der Waals surface area contributed by atoms with E-state index in [0.29, 0.717) is 23.7 Å². The molecular formula is C14H21Cl2NO2. The van der Waals surface area contributed by atoms with Crippen LogP contribution in [0.3, 0.4) is 0 Å². The summed E-state index contributed by atoms with van der Waals surface area (Å²) in [6.45, 7) is 5.42. The van der Waals surface area contributed by atoms with Crippen molar-refractivity contribution < 1.29 is 10.2 Å². The highest BCUT2D eigenvalue weighted by molar-refractivity contribution is 6.35. The molecule has 0 fully saturated rings. The van der Waals surface area contributed by atoms with Gasteiger partial charge in [-0.25, -0.2) is 0 Å². The summed E-state index contributed by atoms with van der Waals surface area (Å²) in [6.07, 6.45) is 1.80. The second kappa shape index (κ2) is 7.34. The lowest BCUT2D eigenvalue weighted by molar-refractivity contribution is 0.113. The van der Waals surface area contributed by atoms with Crippen LogP contribution >= 0.6 is 23.2 Å². The van der Waals surface area contributed by atoms with Gasteiger partial charge in [0.15, 0.2) is 0 Å². The molecule has 0 amide bonds. The number of hydrogen-bond acceptors (Lipinski definition) is 3. The molecule has 5 heteroatoms. The first kappa shape index (κ1) is 16.6. The summed E-state index contributed by atoms with van der Waals surface area (Å²) in [4.78, 5) is 0. The van der Waals surface area contributed by atoms with E-state index in [1.165, 1.54) is 6.07 Å². The van der Waals surface area contributed by atoms with Crippen LogP contribution in [0.5, 0.6) is 5.75 Å². The molecule has 0 unspecified atom stereocenters. The minimum Gasteiger partial charge on any atom is -0.506 e. The van der Waals surface area contributed by atoms with Crippen molar-refractivity contribution in [2.24, 2.45) is 5.41 Å². The third kappa shape index (κ3) is 4.25. The van der Waals surface area contributed by atoms with Gasteiger partial charge in [0, 0.05) is 35.7 Å². The normalized spacial score (nSPS) is 11.8. The Morgan fingerprint density at radius 1 is 1.21 bits per heavy atom. The summed E-state index contributed by atoms with van der Waals surface area (Å²) in [7, 11) is 0. The maximum Gasteiger partial charge on any atom is 0.138 e. The zero-order valence-corrected chi connectivity index (χ0v) is 12.9. The van der Waals surface area contributed by atoms with Gasteiger partial charge in [-0.05, 0) is 25.0 Å². The SMILES string of the molecule is CCC(CC)(CO)CNCc1cc(Cl)cc(Cl)c1O. The maximum absolute atomic E-state index is 9.84. The van der Waals surface area contributed by atoms with Crippen LogP contribution in [0, 0.1) is 5.41 Å². The summed E-state index contributed by atoms with van der Waals surface area (Å²) in [5.41, 5.74) is 0.550. The van der Waals surface area contributed by atoms with Crippen molar-refractivity contribution in [3.63, 3.8) is 0 Å². The van der Waals surface area contributed by atoms with Crippen LogP contribution in [0.25, 0.3) is 0 Å². The smallest absolute Gasteiger partial charge is 0.138 e.